The van der Waals surface area contributed by atoms with Crippen molar-refractivity contribution in [3.05, 3.63) is 87.4 Å². The highest BCUT2D eigenvalue weighted by Gasteiger charge is 2.32. The summed E-state index contributed by atoms with van der Waals surface area (Å²) in [4.78, 5) is 24.6. The SMILES string of the molecule is CCOc1cc([C@H]2NC(=O)NC(C)=C2C(=O)OC)ccc1OC[C@@H](O)N/N=C\c1cc(C)n(-c2cccc(C)c2C)c1C. The molecule has 0 aliphatic carbocycles. The van der Waals surface area contributed by atoms with E-state index in [1.54, 1.807) is 31.3 Å². The smallest absolute Gasteiger partial charge is 0.337 e. The Balaban J connectivity index is 1.44. The minimum atomic E-state index is -1.10. The first-order valence-corrected chi connectivity index (χ1v) is 14.0. The topological polar surface area (TPSA) is 135 Å². The molecule has 0 radical (unpaired) electrons. The highest BCUT2D eigenvalue weighted by atomic mass is 16.5. The molecule has 4 rings (SSSR count). The number of allylic oxidation sites excluding steroid dienone is 1. The molecule has 1 aromatic heterocycles. The average Bonchev–Trinajstić information content (AvgIpc) is 3.25. The Kier molecular flexibility index (Phi) is 9.77. The second kappa shape index (κ2) is 13.5. The zero-order valence-corrected chi connectivity index (χ0v) is 25.6. The summed E-state index contributed by atoms with van der Waals surface area (Å²) in [5.74, 6) is 0.215. The molecule has 4 N–H and O–H groups in total. The van der Waals surface area contributed by atoms with E-state index < -0.39 is 24.3 Å². The summed E-state index contributed by atoms with van der Waals surface area (Å²) in [5.41, 5.74) is 10.6. The van der Waals surface area contributed by atoms with Crippen molar-refractivity contribution in [2.24, 2.45) is 5.10 Å². The Hall–Kier alpha value is -4.77. The number of benzene rings is 2. The standard InChI is InChI=1S/C32H39N5O6/c1-8-42-27-15-23(30-29(31(39)41-7)21(5)34-32(40)35-30)12-13-26(27)43-17-28(38)36-33-16-24-14-19(3)37(22(24)6)25-11-9-10-18(2)20(25)4/h9-16,28,30,36,38H,8,17H2,1-7H3,(H2,34,35,40)/b33-16-/t28-,30-/m1/s1. The molecule has 1 aliphatic rings. The number of hydrogen-bond acceptors (Lipinski definition) is 8. The molecule has 0 bridgehead atoms. The summed E-state index contributed by atoms with van der Waals surface area (Å²) in [6.45, 7) is 12.0. The fourth-order valence-electron chi connectivity index (χ4n) is 5.08. The lowest BCUT2D eigenvalue weighted by Gasteiger charge is -2.28. The van der Waals surface area contributed by atoms with E-state index in [4.69, 9.17) is 14.2 Å². The van der Waals surface area contributed by atoms with Crippen LogP contribution in [0.15, 0.2) is 58.8 Å². The van der Waals surface area contributed by atoms with Crippen molar-refractivity contribution in [1.82, 2.24) is 20.6 Å². The maximum atomic E-state index is 12.5. The van der Waals surface area contributed by atoms with Gasteiger partial charge in [0.15, 0.2) is 17.7 Å². The largest absolute Gasteiger partial charge is 0.490 e. The number of esters is 1. The lowest BCUT2D eigenvalue weighted by atomic mass is 9.95. The molecular weight excluding hydrogens is 550 g/mol. The Bertz CT molecular complexity index is 1570. The van der Waals surface area contributed by atoms with Crippen LogP contribution in [0.1, 0.15) is 53.5 Å². The maximum Gasteiger partial charge on any atom is 0.337 e. The Labute approximate surface area is 251 Å². The Morgan fingerprint density at radius 1 is 1.12 bits per heavy atom. The van der Waals surface area contributed by atoms with Crippen LogP contribution in [0, 0.1) is 27.7 Å². The van der Waals surface area contributed by atoms with Gasteiger partial charge in [-0.25, -0.2) is 9.59 Å². The fourth-order valence-corrected chi connectivity index (χ4v) is 5.08. The number of carbonyl (C=O) groups is 2. The number of rotatable bonds is 11. The van der Waals surface area contributed by atoms with Crippen molar-refractivity contribution in [3.63, 3.8) is 0 Å². The van der Waals surface area contributed by atoms with Crippen molar-refractivity contribution in [2.45, 2.75) is 53.8 Å². The second-order valence-electron chi connectivity index (χ2n) is 10.3. The highest BCUT2D eigenvalue weighted by molar-refractivity contribution is 5.95. The summed E-state index contributed by atoms with van der Waals surface area (Å²) in [6.07, 6.45) is 0.572. The molecule has 43 heavy (non-hydrogen) atoms. The predicted molar refractivity (Wildman–Crippen MR) is 164 cm³/mol. The van der Waals surface area contributed by atoms with Crippen LogP contribution >= 0.6 is 0 Å². The average molecular weight is 590 g/mol. The molecule has 228 valence electrons. The number of aliphatic hydroxyl groups excluding tert-OH is 1. The molecule has 2 heterocycles. The Morgan fingerprint density at radius 2 is 1.88 bits per heavy atom. The first kappa shape index (κ1) is 31.2. The molecule has 2 aromatic carbocycles. The third-order valence-electron chi connectivity index (χ3n) is 7.39. The molecular formula is C32H39N5O6. The zero-order chi connectivity index (χ0) is 31.3. The van der Waals surface area contributed by atoms with Crippen molar-refractivity contribution in [3.8, 4) is 17.2 Å². The number of ether oxygens (including phenoxy) is 3. The van der Waals surface area contributed by atoms with E-state index in [0.29, 0.717) is 29.4 Å². The molecule has 11 heteroatoms. The number of urea groups is 1. The van der Waals surface area contributed by atoms with E-state index in [2.05, 4.69) is 64.7 Å². The summed E-state index contributed by atoms with van der Waals surface area (Å²) >= 11 is 0. The van der Waals surface area contributed by atoms with Gasteiger partial charge in [-0.3, -0.25) is 5.43 Å². The van der Waals surface area contributed by atoms with Gasteiger partial charge < -0.3 is 34.5 Å². The maximum absolute atomic E-state index is 12.5. The number of nitrogens with one attached hydrogen (secondary N) is 3. The van der Waals surface area contributed by atoms with Crippen LogP contribution in [-0.4, -0.2) is 54.4 Å². The lowest BCUT2D eigenvalue weighted by Crippen LogP contribution is -2.45. The molecule has 11 nitrogen and oxygen atoms in total. The van der Waals surface area contributed by atoms with Gasteiger partial charge in [0.1, 0.15) is 6.61 Å². The molecule has 0 unspecified atom stereocenters. The predicted octanol–water partition coefficient (Wildman–Crippen LogP) is 4.23. The lowest BCUT2D eigenvalue weighted by molar-refractivity contribution is -0.136. The number of hydrogen-bond donors (Lipinski definition) is 4. The number of carbonyl (C=O) groups excluding carboxylic acids is 2. The van der Waals surface area contributed by atoms with Crippen LogP contribution in [0.3, 0.4) is 0 Å². The van der Waals surface area contributed by atoms with Gasteiger partial charge in [0, 0.05) is 28.3 Å². The first-order valence-electron chi connectivity index (χ1n) is 14.0. The Morgan fingerprint density at radius 3 is 2.60 bits per heavy atom. The number of methoxy groups -OCH3 is 1. The third-order valence-corrected chi connectivity index (χ3v) is 7.39. The van der Waals surface area contributed by atoms with Gasteiger partial charge in [0.05, 0.1) is 31.5 Å². The molecule has 1 aliphatic heterocycles. The van der Waals surface area contributed by atoms with Gasteiger partial charge in [-0.1, -0.05) is 18.2 Å². The molecule has 0 saturated carbocycles. The van der Waals surface area contributed by atoms with E-state index in [1.165, 1.54) is 18.2 Å². The van der Waals surface area contributed by atoms with Crippen LogP contribution in [0.5, 0.6) is 11.5 Å². The minimum absolute atomic E-state index is 0.116. The summed E-state index contributed by atoms with van der Waals surface area (Å²) in [6, 6.07) is 12.2. The van der Waals surface area contributed by atoms with Crippen molar-refractivity contribution in [2.75, 3.05) is 20.3 Å². The monoisotopic (exact) mass is 589 g/mol. The molecule has 0 fully saturated rings. The zero-order valence-electron chi connectivity index (χ0n) is 25.6. The molecule has 0 saturated heterocycles. The van der Waals surface area contributed by atoms with E-state index in [-0.39, 0.29) is 12.2 Å². The van der Waals surface area contributed by atoms with Crippen LogP contribution in [-0.2, 0) is 9.53 Å². The van der Waals surface area contributed by atoms with Crippen molar-refractivity contribution >= 4 is 18.2 Å². The highest BCUT2D eigenvalue weighted by Crippen LogP contribution is 2.35. The number of aromatic nitrogens is 1. The third kappa shape index (κ3) is 6.83. The van der Waals surface area contributed by atoms with Gasteiger partial charge in [0.2, 0.25) is 0 Å². The van der Waals surface area contributed by atoms with Crippen LogP contribution in [0.2, 0.25) is 0 Å². The van der Waals surface area contributed by atoms with Crippen molar-refractivity contribution in [1.29, 1.82) is 0 Å². The van der Waals surface area contributed by atoms with Gasteiger partial charge in [-0.2, -0.15) is 5.10 Å². The van der Waals surface area contributed by atoms with Gasteiger partial charge in [-0.15, -0.1) is 0 Å². The summed E-state index contributed by atoms with van der Waals surface area (Å²) in [7, 11) is 1.28. The van der Waals surface area contributed by atoms with Gasteiger partial charge in [0.25, 0.3) is 0 Å². The van der Waals surface area contributed by atoms with E-state index >= 15 is 0 Å². The number of aliphatic hydroxyl groups is 1. The van der Waals surface area contributed by atoms with Crippen LogP contribution < -0.4 is 25.5 Å². The number of aryl methyl sites for hydroxylation is 2. The minimum Gasteiger partial charge on any atom is -0.490 e. The normalized spacial score (nSPS) is 15.6. The first-order chi connectivity index (χ1) is 20.5. The van der Waals surface area contributed by atoms with Gasteiger partial charge in [-0.05, 0) is 82.5 Å². The second-order valence-corrected chi connectivity index (χ2v) is 10.3. The quantitative estimate of drug-likeness (QED) is 0.114. The van der Waals surface area contributed by atoms with Crippen molar-refractivity contribution < 1.29 is 28.9 Å². The number of amides is 2. The summed E-state index contributed by atoms with van der Waals surface area (Å²) < 4.78 is 18.7. The molecule has 2 amide bonds. The van der Waals surface area contributed by atoms with E-state index in [0.717, 1.165) is 22.6 Å². The fraction of sp³-hybridized carbons (Fsp3) is 0.344. The van der Waals surface area contributed by atoms with E-state index in [1.807, 2.05) is 19.9 Å². The van der Waals surface area contributed by atoms with E-state index in [9.17, 15) is 14.7 Å². The summed E-state index contributed by atoms with van der Waals surface area (Å²) in [5, 5.41) is 20.1. The molecule has 3 aromatic rings. The van der Waals surface area contributed by atoms with Crippen LogP contribution in [0.4, 0.5) is 4.79 Å². The molecule has 0 spiro atoms. The number of nitrogens with zero attached hydrogens (tertiary/aromatic N) is 2. The van der Waals surface area contributed by atoms with Gasteiger partial charge >= 0.3 is 12.0 Å². The molecule has 2 atom stereocenters. The van der Waals surface area contributed by atoms with Crippen LogP contribution in [0.25, 0.3) is 5.69 Å². The number of hydrazone groups is 1.